The Morgan fingerprint density at radius 2 is 2.21 bits per heavy atom. The van der Waals surface area contributed by atoms with Crippen LogP contribution < -0.4 is 5.73 Å². The van der Waals surface area contributed by atoms with Gasteiger partial charge in [-0.2, -0.15) is 0 Å². The molecule has 1 amide bonds. The number of thiocarbonyl (C=S) groups is 1. The highest BCUT2D eigenvalue weighted by molar-refractivity contribution is 7.80. The van der Waals surface area contributed by atoms with Gasteiger partial charge in [-0.25, -0.2) is 0 Å². The highest BCUT2D eigenvalue weighted by Gasteiger charge is 2.32. The van der Waals surface area contributed by atoms with Gasteiger partial charge in [0.05, 0.1) is 4.99 Å². The largest absolute Gasteiger partial charge is 0.393 e. The van der Waals surface area contributed by atoms with Gasteiger partial charge in [0.1, 0.15) is 0 Å². The Labute approximate surface area is 123 Å². The number of carbonyl (C=O) groups is 1. The lowest BCUT2D eigenvalue weighted by molar-refractivity contribution is 0.0748. The first-order valence-corrected chi connectivity index (χ1v) is 7.13. The number of hydrogen-bond acceptors (Lipinski definition) is 2. The quantitative estimate of drug-likeness (QED) is 0.850. The molecule has 1 aliphatic rings. The van der Waals surface area contributed by atoms with E-state index in [1.165, 1.54) is 0 Å². The van der Waals surface area contributed by atoms with E-state index in [1.807, 2.05) is 17.9 Å². The second kappa shape index (κ2) is 5.88. The maximum absolute atomic E-state index is 12.5. The van der Waals surface area contributed by atoms with Gasteiger partial charge in [0.2, 0.25) is 0 Å². The molecule has 5 heteroatoms. The van der Waals surface area contributed by atoms with Crippen LogP contribution in [0.1, 0.15) is 35.2 Å². The fourth-order valence-corrected chi connectivity index (χ4v) is 2.22. The zero-order valence-electron chi connectivity index (χ0n) is 10.9. The smallest absolute Gasteiger partial charge is 0.254 e. The van der Waals surface area contributed by atoms with Gasteiger partial charge in [0.25, 0.3) is 5.91 Å². The third kappa shape index (κ3) is 3.67. The minimum absolute atomic E-state index is 0.0403. The molecule has 0 heterocycles. The number of nitrogens with zero attached hydrogens (tertiary/aromatic N) is 1. The first kappa shape index (κ1) is 14.3. The Kier molecular flexibility index (Phi) is 4.42. The fraction of sp³-hybridized carbons (Fsp3) is 0.429. The number of hydrogen-bond donors (Lipinski definition) is 1. The molecule has 0 saturated heterocycles. The Morgan fingerprint density at radius 3 is 2.74 bits per heavy atom. The van der Waals surface area contributed by atoms with Gasteiger partial charge in [0, 0.05) is 29.6 Å². The van der Waals surface area contributed by atoms with Crippen molar-refractivity contribution in [1.29, 1.82) is 0 Å². The van der Waals surface area contributed by atoms with E-state index in [-0.39, 0.29) is 5.91 Å². The number of carbonyl (C=O) groups excluding carboxylic acids is 1. The summed E-state index contributed by atoms with van der Waals surface area (Å²) in [6.07, 6.45) is 2.70. The average molecular weight is 297 g/mol. The van der Waals surface area contributed by atoms with Crippen molar-refractivity contribution in [3.05, 3.63) is 34.3 Å². The van der Waals surface area contributed by atoms with Crippen LogP contribution in [0.4, 0.5) is 0 Å². The van der Waals surface area contributed by atoms with Gasteiger partial charge in [-0.1, -0.05) is 23.8 Å². The third-order valence-electron chi connectivity index (χ3n) is 3.25. The van der Waals surface area contributed by atoms with Crippen LogP contribution in [0.25, 0.3) is 0 Å². The minimum Gasteiger partial charge on any atom is -0.393 e. The van der Waals surface area contributed by atoms with Gasteiger partial charge >= 0.3 is 0 Å². The molecule has 0 bridgehead atoms. The van der Waals surface area contributed by atoms with Crippen LogP contribution in [0.2, 0.25) is 5.02 Å². The number of aryl methyl sites for hydroxylation is 1. The zero-order valence-corrected chi connectivity index (χ0v) is 12.4. The van der Waals surface area contributed by atoms with Crippen molar-refractivity contribution in [2.24, 2.45) is 5.73 Å². The maximum atomic E-state index is 12.5. The molecular weight excluding hydrogens is 280 g/mol. The fourth-order valence-electron chi connectivity index (χ4n) is 2.01. The number of halogens is 1. The van der Waals surface area contributed by atoms with Gasteiger partial charge in [0.15, 0.2) is 0 Å². The summed E-state index contributed by atoms with van der Waals surface area (Å²) in [6, 6.07) is 5.72. The lowest BCUT2D eigenvalue weighted by atomic mass is 10.1. The molecule has 102 valence electrons. The second-order valence-electron chi connectivity index (χ2n) is 4.91. The number of nitrogens with two attached hydrogens (primary N) is 1. The SMILES string of the molecule is Cc1cc(C(=O)N(CCC(N)=S)C2CC2)ccc1Cl. The predicted octanol–water partition coefficient (Wildman–Crippen LogP) is 2.93. The monoisotopic (exact) mass is 296 g/mol. The van der Waals surface area contributed by atoms with Crippen molar-refractivity contribution in [2.75, 3.05) is 6.54 Å². The predicted molar refractivity (Wildman–Crippen MR) is 81.6 cm³/mol. The molecule has 1 saturated carbocycles. The van der Waals surface area contributed by atoms with E-state index in [4.69, 9.17) is 29.6 Å². The lowest BCUT2D eigenvalue weighted by Gasteiger charge is -2.22. The van der Waals surface area contributed by atoms with Crippen LogP contribution in [0.5, 0.6) is 0 Å². The number of rotatable bonds is 5. The van der Waals surface area contributed by atoms with E-state index in [0.29, 0.717) is 34.6 Å². The van der Waals surface area contributed by atoms with Crippen LogP contribution in [-0.2, 0) is 0 Å². The summed E-state index contributed by atoms with van der Waals surface area (Å²) >= 11 is 10.9. The Balaban J connectivity index is 2.14. The molecule has 0 aliphatic heterocycles. The summed E-state index contributed by atoms with van der Waals surface area (Å²) in [5.41, 5.74) is 7.11. The summed E-state index contributed by atoms with van der Waals surface area (Å²) in [5.74, 6) is 0.0403. The summed E-state index contributed by atoms with van der Waals surface area (Å²) < 4.78 is 0. The van der Waals surface area contributed by atoms with Crippen LogP contribution in [0.15, 0.2) is 18.2 Å². The van der Waals surface area contributed by atoms with Gasteiger partial charge in [-0.3, -0.25) is 4.79 Å². The molecule has 0 aromatic heterocycles. The van der Waals surface area contributed by atoms with Crippen LogP contribution in [-0.4, -0.2) is 28.4 Å². The molecule has 19 heavy (non-hydrogen) atoms. The van der Waals surface area contributed by atoms with E-state index in [2.05, 4.69) is 0 Å². The number of benzene rings is 1. The topological polar surface area (TPSA) is 46.3 Å². The van der Waals surface area contributed by atoms with E-state index in [9.17, 15) is 4.79 Å². The lowest BCUT2D eigenvalue weighted by Crippen LogP contribution is -2.35. The molecule has 2 N–H and O–H groups in total. The van der Waals surface area contributed by atoms with Crippen LogP contribution in [0, 0.1) is 6.92 Å². The van der Waals surface area contributed by atoms with Crippen molar-refractivity contribution < 1.29 is 4.79 Å². The normalized spacial score (nSPS) is 14.2. The molecule has 2 rings (SSSR count). The van der Waals surface area contributed by atoms with Gasteiger partial charge in [-0.15, -0.1) is 0 Å². The highest BCUT2D eigenvalue weighted by Crippen LogP contribution is 2.29. The van der Waals surface area contributed by atoms with Crippen molar-refractivity contribution in [3.63, 3.8) is 0 Å². The van der Waals surface area contributed by atoms with Crippen molar-refractivity contribution in [3.8, 4) is 0 Å². The Hall–Kier alpha value is -1.13. The van der Waals surface area contributed by atoms with Crippen molar-refractivity contribution >= 4 is 34.7 Å². The highest BCUT2D eigenvalue weighted by atomic mass is 35.5. The van der Waals surface area contributed by atoms with Crippen LogP contribution in [0.3, 0.4) is 0 Å². The summed E-state index contributed by atoms with van der Waals surface area (Å²) in [7, 11) is 0. The van der Waals surface area contributed by atoms with E-state index >= 15 is 0 Å². The number of amides is 1. The first-order valence-electron chi connectivity index (χ1n) is 6.34. The Morgan fingerprint density at radius 1 is 1.53 bits per heavy atom. The molecule has 3 nitrogen and oxygen atoms in total. The standard InChI is InChI=1S/C14H17ClN2OS/c1-9-8-10(2-5-12(9)15)14(18)17(11-3-4-11)7-6-13(16)19/h2,5,8,11H,3-4,6-7H2,1H3,(H2,16,19). The molecule has 1 aromatic carbocycles. The molecule has 1 fully saturated rings. The molecule has 1 aliphatic carbocycles. The summed E-state index contributed by atoms with van der Waals surface area (Å²) in [5, 5.41) is 0.678. The van der Waals surface area contributed by atoms with Gasteiger partial charge < -0.3 is 10.6 Å². The zero-order chi connectivity index (χ0) is 14.0. The van der Waals surface area contributed by atoms with Crippen LogP contribution >= 0.6 is 23.8 Å². The first-order chi connectivity index (χ1) is 8.99. The average Bonchev–Trinajstić information content (AvgIpc) is 3.16. The van der Waals surface area contributed by atoms with E-state index in [1.54, 1.807) is 12.1 Å². The molecular formula is C14H17ClN2OS. The molecule has 0 unspecified atom stereocenters. The summed E-state index contributed by atoms with van der Waals surface area (Å²) in [6.45, 7) is 2.50. The van der Waals surface area contributed by atoms with E-state index < -0.39 is 0 Å². The minimum atomic E-state index is 0.0403. The maximum Gasteiger partial charge on any atom is 0.254 e. The molecule has 0 spiro atoms. The third-order valence-corrected chi connectivity index (χ3v) is 3.88. The Bertz CT molecular complexity index is 514. The molecule has 0 atom stereocenters. The van der Waals surface area contributed by atoms with Crippen molar-refractivity contribution in [2.45, 2.75) is 32.2 Å². The molecule has 0 radical (unpaired) electrons. The summed E-state index contributed by atoms with van der Waals surface area (Å²) in [4.78, 5) is 14.8. The molecule has 1 aromatic rings. The van der Waals surface area contributed by atoms with Gasteiger partial charge in [-0.05, 0) is 43.5 Å². The second-order valence-corrected chi connectivity index (χ2v) is 5.84. The van der Waals surface area contributed by atoms with E-state index in [0.717, 1.165) is 18.4 Å². The van der Waals surface area contributed by atoms with Crippen molar-refractivity contribution in [1.82, 2.24) is 4.90 Å².